The van der Waals surface area contributed by atoms with Crippen molar-refractivity contribution in [1.29, 1.82) is 0 Å². The van der Waals surface area contributed by atoms with E-state index >= 15 is 0 Å². The van der Waals surface area contributed by atoms with Crippen molar-refractivity contribution in [3.8, 4) is 0 Å². The average Bonchev–Trinajstić information content (AvgIpc) is 2.78. The minimum absolute atomic E-state index is 0.223. The third kappa shape index (κ3) is 3.52. The highest BCUT2D eigenvalue weighted by Gasteiger charge is 2.16. The van der Waals surface area contributed by atoms with E-state index in [9.17, 15) is 0 Å². The summed E-state index contributed by atoms with van der Waals surface area (Å²) in [5.74, 6) is 0. The Kier molecular flexibility index (Phi) is 5.14. The van der Waals surface area contributed by atoms with Crippen LogP contribution in [0.25, 0.3) is 0 Å². The molecule has 96 valence electrons. The second-order valence-electron chi connectivity index (χ2n) is 4.27. The zero-order chi connectivity index (χ0) is 13.0. The van der Waals surface area contributed by atoms with Gasteiger partial charge in [-0.25, -0.2) is 4.98 Å². The molecule has 1 heterocycles. The fourth-order valence-corrected chi connectivity index (χ4v) is 3.05. The standard InChI is InChI=1S/C14H17IN2S/c1-3-8-16-13(14-17-10(2)9-18-14)11-4-6-12(15)7-5-11/h4-7,9,13,16H,3,8H2,1-2H3. The molecule has 1 aromatic heterocycles. The summed E-state index contributed by atoms with van der Waals surface area (Å²) < 4.78 is 1.26. The lowest BCUT2D eigenvalue weighted by atomic mass is 10.1. The van der Waals surface area contributed by atoms with Crippen LogP contribution in [0.3, 0.4) is 0 Å². The van der Waals surface area contributed by atoms with E-state index in [1.807, 2.05) is 6.92 Å². The summed E-state index contributed by atoms with van der Waals surface area (Å²) in [5, 5.41) is 6.85. The highest BCUT2D eigenvalue weighted by Crippen LogP contribution is 2.25. The monoisotopic (exact) mass is 372 g/mol. The van der Waals surface area contributed by atoms with Crippen LogP contribution in [0.5, 0.6) is 0 Å². The van der Waals surface area contributed by atoms with Gasteiger partial charge in [-0.15, -0.1) is 11.3 Å². The second kappa shape index (κ2) is 6.63. The highest BCUT2D eigenvalue weighted by atomic mass is 127. The molecule has 0 aliphatic carbocycles. The van der Waals surface area contributed by atoms with E-state index in [1.54, 1.807) is 11.3 Å². The molecule has 2 rings (SSSR count). The van der Waals surface area contributed by atoms with Crippen LogP contribution >= 0.6 is 33.9 Å². The van der Waals surface area contributed by atoms with Crippen molar-refractivity contribution in [2.75, 3.05) is 6.54 Å². The zero-order valence-corrected chi connectivity index (χ0v) is 13.6. The summed E-state index contributed by atoms with van der Waals surface area (Å²) in [6, 6.07) is 8.90. The SMILES string of the molecule is CCCNC(c1ccc(I)cc1)c1nc(C)cs1. The van der Waals surface area contributed by atoms with Crippen molar-refractivity contribution in [3.05, 3.63) is 49.5 Å². The Bertz CT molecular complexity index is 493. The van der Waals surface area contributed by atoms with Crippen LogP contribution < -0.4 is 5.32 Å². The molecule has 0 saturated carbocycles. The smallest absolute Gasteiger partial charge is 0.114 e. The molecule has 18 heavy (non-hydrogen) atoms. The summed E-state index contributed by atoms with van der Waals surface area (Å²) in [6.45, 7) is 5.24. The molecule has 0 spiro atoms. The van der Waals surface area contributed by atoms with Crippen molar-refractivity contribution < 1.29 is 0 Å². The van der Waals surface area contributed by atoms with Crippen molar-refractivity contribution in [2.45, 2.75) is 26.3 Å². The molecule has 4 heteroatoms. The molecule has 1 unspecified atom stereocenters. The first-order valence-corrected chi connectivity index (χ1v) is 8.07. The molecule has 0 amide bonds. The van der Waals surface area contributed by atoms with E-state index in [1.165, 1.54) is 9.13 Å². The first-order valence-electron chi connectivity index (χ1n) is 6.11. The van der Waals surface area contributed by atoms with E-state index in [0.29, 0.717) is 0 Å². The van der Waals surface area contributed by atoms with Crippen molar-refractivity contribution >= 4 is 33.9 Å². The Morgan fingerprint density at radius 1 is 1.33 bits per heavy atom. The van der Waals surface area contributed by atoms with Gasteiger partial charge in [0, 0.05) is 14.6 Å². The zero-order valence-electron chi connectivity index (χ0n) is 10.6. The molecular weight excluding hydrogens is 355 g/mol. The highest BCUT2D eigenvalue weighted by molar-refractivity contribution is 14.1. The van der Waals surface area contributed by atoms with Gasteiger partial charge in [0.1, 0.15) is 5.01 Å². The number of aryl methyl sites for hydroxylation is 1. The molecule has 0 radical (unpaired) electrons. The quantitative estimate of drug-likeness (QED) is 0.798. The fourth-order valence-electron chi connectivity index (χ4n) is 1.80. The van der Waals surface area contributed by atoms with E-state index in [0.717, 1.165) is 23.7 Å². The van der Waals surface area contributed by atoms with Gasteiger partial charge >= 0.3 is 0 Å². The molecular formula is C14H17IN2S. The van der Waals surface area contributed by atoms with Gasteiger partial charge in [-0.2, -0.15) is 0 Å². The molecule has 1 N–H and O–H groups in total. The van der Waals surface area contributed by atoms with E-state index < -0.39 is 0 Å². The molecule has 2 aromatic rings. The Hall–Kier alpha value is -0.460. The molecule has 1 atom stereocenters. The van der Waals surface area contributed by atoms with Gasteiger partial charge in [0.2, 0.25) is 0 Å². The van der Waals surface area contributed by atoms with Crippen molar-refractivity contribution in [3.63, 3.8) is 0 Å². The summed E-state index contributed by atoms with van der Waals surface area (Å²) in [6.07, 6.45) is 1.13. The van der Waals surface area contributed by atoms with Gasteiger partial charge in [-0.1, -0.05) is 19.1 Å². The summed E-state index contributed by atoms with van der Waals surface area (Å²) in [7, 11) is 0. The summed E-state index contributed by atoms with van der Waals surface area (Å²) in [4.78, 5) is 4.62. The first-order chi connectivity index (χ1) is 8.70. The van der Waals surface area contributed by atoms with Crippen LogP contribution in [0.4, 0.5) is 0 Å². The van der Waals surface area contributed by atoms with Crippen molar-refractivity contribution in [1.82, 2.24) is 10.3 Å². The number of thiazole rings is 1. The van der Waals surface area contributed by atoms with Gasteiger partial charge < -0.3 is 5.32 Å². The van der Waals surface area contributed by atoms with E-state index in [2.05, 4.69) is 69.5 Å². The number of hydrogen-bond acceptors (Lipinski definition) is 3. The van der Waals surface area contributed by atoms with Gasteiger partial charge in [0.15, 0.2) is 0 Å². The lowest BCUT2D eigenvalue weighted by Crippen LogP contribution is -2.23. The Balaban J connectivity index is 2.27. The van der Waals surface area contributed by atoms with Gasteiger partial charge in [-0.05, 0) is 60.2 Å². The third-order valence-electron chi connectivity index (χ3n) is 2.69. The van der Waals surface area contributed by atoms with Crippen LogP contribution in [0.15, 0.2) is 29.6 Å². The first kappa shape index (κ1) is 14.0. The molecule has 0 aliphatic rings. The predicted octanol–water partition coefficient (Wildman–Crippen LogP) is 4.15. The van der Waals surface area contributed by atoms with Crippen LogP contribution in [-0.4, -0.2) is 11.5 Å². The molecule has 0 fully saturated rings. The number of nitrogens with zero attached hydrogens (tertiary/aromatic N) is 1. The number of aromatic nitrogens is 1. The summed E-state index contributed by atoms with van der Waals surface area (Å²) in [5.41, 5.74) is 2.39. The Morgan fingerprint density at radius 3 is 2.61 bits per heavy atom. The second-order valence-corrected chi connectivity index (χ2v) is 6.40. The molecule has 0 aliphatic heterocycles. The van der Waals surface area contributed by atoms with Gasteiger partial charge in [0.25, 0.3) is 0 Å². The van der Waals surface area contributed by atoms with Crippen LogP contribution in [0.2, 0.25) is 0 Å². The van der Waals surface area contributed by atoms with Crippen LogP contribution in [0.1, 0.15) is 35.7 Å². The minimum Gasteiger partial charge on any atom is -0.304 e. The van der Waals surface area contributed by atoms with Gasteiger partial charge in [-0.3, -0.25) is 0 Å². The normalized spacial score (nSPS) is 12.6. The van der Waals surface area contributed by atoms with Crippen LogP contribution in [0, 0.1) is 10.5 Å². The lowest BCUT2D eigenvalue weighted by molar-refractivity contribution is 0.595. The molecule has 1 aromatic carbocycles. The minimum atomic E-state index is 0.223. The van der Waals surface area contributed by atoms with Crippen LogP contribution in [-0.2, 0) is 0 Å². The van der Waals surface area contributed by atoms with E-state index in [-0.39, 0.29) is 6.04 Å². The number of hydrogen-bond donors (Lipinski definition) is 1. The van der Waals surface area contributed by atoms with E-state index in [4.69, 9.17) is 0 Å². The topological polar surface area (TPSA) is 24.9 Å². The fraction of sp³-hybridized carbons (Fsp3) is 0.357. The maximum absolute atomic E-state index is 4.62. The number of benzene rings is 1. The average molecular weight is 372 g/mol. The predicted molar refractivity (Wildman–Crippen MR) is 86.1 cm³/mol. The maximum atomic E-state index is 4.62. The third-order valence-corrected chi connectivity index (χ3v) is 4.43. The lowest BCUT2D eigenvalue weighted by Gasteiger charge is -2.16. The van der Waals surface area contributed by atoms with Gasteiger partial charge in [0.05, 0.1) is 6.04 Å². The number of halogens is 1. The van der Waals surface area contributed by atoms with Crippen molar-refractivity contribution in [2.24, 2.45) is 0 Å². The largest absolute Gasteiger partial charge is 0.304 e. The maximum Gasteiger partial charge on any atom is 0.114 e. The molecule has 0 bridgehead atoms. The number of nitrogens with one attached hydrogen (secondary N) is 1. The molecule has 0 saturated heterocycles. The number of rotatable bonds is 5. The summed E-state index contributed by atoms with van der Waals surface area (Å²) >= 11 is 4.07. The Morgan fingerprint density at radius 2 is 2.06 bits per heavy atom. The Labute approximate surface area is 126 Å². The molecule has 2 nitrogen and oxygen atoms in total.